The number of benzene rings is 1. The van der Waals surface area contributed by atoms with E-state index in [9.17, 15) is 8.42 Å². The van der Waals surface area contributed by atoms with Crippen molar-refractivity contribution in [3.63, 3.8) is 0 Å². The molecule has 1 heterocycles. The van der Waals surface area contributed by atoms with Gasteiger partial charge in [-0.15, -0.1) is 0 Å². The number of rotatable bonds is 5. The highest BCUT2D eigenvalue weighted by Gasteiger charge is 2.23. The molecule has 0 unspecified atom stereocenters. The molecule has 0 amide bonds. The molecule has 1 N–H and O–H groups in total. The van der Waals surface area contributed by atoms with Crippen LogP contribution in [0.25, 0.3) is 0 Å². The van der Waals surface area contributed by atoms with Crippen LogP contribution >= 0.6 is 0 Å². The summed E-state index contributed by atoms with van der Waals surface area (Å²) < 4.78 is 26.3. The molecule has 2 rings (SSSR count). The van der Waals surface area contributed by atoms with Crippen LogP contribution in [0.5, 0.6) is 0 Å². The minimum atomic E-state index is -3.54. The molecule has 21 heavy (non-hydrogen) atoms. The van der Waals surface area contributed by atoms with Crippen LogP contribution in [0, 0.1) is 13.8 Å². The lowest BCUT2D eigenvalue weighted by Gasteiger charge is -2.17. The van der Waals surface area contributed by atoms with Crippen LogP contribution in [0.2, 0.25) is 0 Å². The van der Waals surface area contributed by atoms with E-state index in [1.807, 2.05) is 32.9 Å². The van der Waals surface area contributed by atoms with Crippen LogP contribution in [0.3, 0.4) is 0 Å². The molecule has 1 aromatic carbocycles. The molecule has 0 radical (unpaired) electrons. The molecule has 0 fully saturated rings. The third kappa shape index (κ3) is 3.33. The van der Waals surface area contributed by atoms with Crippen molar-refractivity contribution >= 4 is 10.0 Å². The fourth-order valence-corrected chi connectivity index (χ4v) is 3.25. The van der Waals surface area contributed by atoms with E-state index < -0.39 is 10.0 Å². The van der Waals surface area contributed by atoms with Crippen LogP contribution in [-0.4, -0.2) is 29.7 Å². The Morgan fingerprint density at radius 3 is 2.57 bits per heavy atom. The monoisotopic (exact) mass is 307 g/mol. The zero-order valence-corrected chi connectivity index (χ0v) is 13.7. The molecule has 0 bridgehead atoms. The summed E-state index contributed by atoms with van der Waals surface area (Å²) in [6.45, 7) is 6.28. The molecule has 0 aliphatic rings. The van der Waals surface area contributed by atoms with Gasteiger partial charge in [-0.25, -0.2) is 13.4 Å². The molecule has 6 heteroatoms. The topological polar surface area (TPSA) is 66.1 Å². The van der Waals surface area contributed by atoms with E-state index in [0.717, 1.165) is 11.1 Å². The van der Waals surface area contributed by atoms with Gasteiger partial charge >= 0.3 is 0 Å². The van der Waals surface area contributed by atoms with Crippen molar-refractivity contribution in [1.29, 1.82) is 0 Å². The molecular weight excluding hydrogens is 286 g/mol. The number of nitrogens with zero attached hydrogens (tertiary/aromatic N) is 2. The van der Waals surface area contributed by atoms with E-state index in [0.29, 0.717) is 18.8 Å². The zero-order chi connectivity index (χ0) is 15.6. The summed E-state index contributed by atoms with van der Waals surface area (Å²) in [7, 11) is -1.95. The van der Waals surface area contributed by atoms with Gasteiger partial charge in [-0.1, -0.05) is 30.7 Å². The lowest BCUT2D eigenvalue weighted by molar-refractivity contribution is 0.463. The second kappa shape index (κ2) is 5.99. The summed E-state index contributed by atoms with van der Waals surface area (Å²) in [5, 5.41) is 0.145. The van der Waals surface area contributed by atoms with Gasteiger partial charge in [0.15, 0.2) is 5.03 Å². The Kier molecular flexibility index (Phi) is 4.49. The highest BCUT2D eigenvalue weighted by atomic mass is 32.2. The minimum absolute atomic E-state index is 0.145. The van der Waals surface area contributed by atoms with E-state index >= 15 is 0 Å². The molecule has 0 saturated heterocycles. The second-order valence-corrected chi connectivity index (χ2v) is 7.25. The average molecular weight is 307 g/mol. The Hall–Kier alpha value is -1.66. The van der Waals surface area contributed by atoms with E-state index in [4.69, 9.17) is 0 Å². The summed E-state index contributed by atoms with van der Waals surface area (Å²) in [5.41, 5.74) is 3.26. The van der Waals surface area contributed by atoms with Crippen LogP contribution in [0.1, 0.15) is 29.4 Å². The first-order valence-electron chi connectivity index (χ1n) is 6.91. The first-order valence-corrected chi connectivity index (χ1v) is 8.35. The molecule has 0 spiro atoms. The van der Waals surface area contributed by atoms with Crippen LogP contribution < -0.4 is 0 Å². The minimum Gasteiger partial charge on any atom is -0.332 e. The number of aromatic nitrogens is 2. The average Bonchev–Trinajstić information content (AvgIpc) is 2.91. The second-order valence-electron chi connectivity index (χ2n) is 5.24. The summed E-state index contributed by atoms with van der Waals surface area (Å²) in [4.78, 5) is 6.91. The van der Waals surface area contributed by atoms with Gasteiger partial charge < -0.3 is 4.98 Å². The van der Waals surface area contributed by atoms with Gasteiger partial charge in [0.1, 0.15) is 5.82 Å². The zero-order valence-electron chi connectivity index (χ0n) is 12.8. The van der Waals surface area contributed by atoms with Gasteiger partial charge in [0, 0.05) is 20.0 Å². The van der Waals surface area contributed by atoms with E-state index in [1.54, 1.807) is 7.05 Å². The Bertz CT molecular complexity index is 735. The molecule has 1 aromatic heterocycles. The van der Waals surface area contributed by atoms with Crippen molar-refractivity contribution in [2.45, 2.75) is 38.8 Å². The molecule has 5 nitrogen and oxygen atoms in total. The Labute approximate surface area is 126 Å². The van der Waals surface area contributed by atoms with Gasteiger partial charge in [-0.2, -0.15) is 4.31 Å². The van der Waals surface area contributed by atoms with Crippen molar-refractivity contribution in [1.82, 2.24) is 14.3 Å². The van der Waals surface area contributed by atoms with Gasteiger partial charge in [0.2, 0.25) is 0 Å². The number of hydrogen-bond acceptors (Lipinski definition) is 3. The molecule has 0 aliphatic heterocycles. The van der Waals surface area contributed by atoms with Crippen LogP contribution in [0.4, 0.5) is 0 Å². The normalized spacial score (nSPS) is 12.0. The number of aromatic amines is 1. The van der Waals surface area contributed by atoms with Crippen molar-refractivity contribution in [3.8, 4) is 0 Å². The van der Waals surface area contributed by atoms with E-state index in [-0.39, 0.29) is 5.03 Å². The van der Waals surface area contributed by atoms with Crippen molar-refractivity contribution in [2.24, 2.45) is 0 Å². The Morgan fingerprint density at radius 1 is 1.29 bits per heavy atom. The summed E-state index contributed by atoms with van der Waals surface area (Å²) in [5.74, 6) is 0.675. The molecular formula is C15H21N3O2S. The van der Waals surface area contributed by atoms with Gasteiger partial charge in [-0.3, -0.25) is 0 Å². The fraction of sp³-hybridized carbons (Fsp3) is 0.400. The molecule has 0 saturated carbocycles. The van der Waals surface area contributed by atoms with Gasteiger partial charge in [0.05, 0.1) is 6.20 Å². The third-order valence-electron chi connectivity index (χ3n) is 3.52. The number of nitrogens with one attached hydrogen (secondary N) is 1. The molecule has 0 aliphatic carbocycles. The van der Waals surface area contributed by atoms with E-state index in [1.165, 1.54) is 16.1 Å². The maximum Gasteiger partial charge on any atom is 0.260 e. The SMILES string of the molecule is CCc1ncc(S(=O)(=O)N(C)Cc2ccc(C)cc2C)[nH]1. The lowest BCUT2D eigenvalue weighted by Crippen LogP contribution is -2.27. The van der Waals surface area contributed by atoms with Gasteiger partial charge in [-0.05, 0) is 25.0 Å². The maximum atomic E-state index is 12.5. The highest BCUT2D eigenvalue weighted by Crippen LogP contribution is 2.18. The van der Waals surface area contributed by atoms with Crippen LogP contribution in [-0.2, 0) is 23.0 Å². The van der Waals surface area contributed by atoms with Crippen molar-refractivity contribution in [3.05, 3.63) is 46.9 Å². The number of H-pyrrole nitrogens is 1. The molecule has 114 valence electrons. The summed E-state index contributed by atoms with van der Waals surface area (Å²) in [6.07, 6.45) is 2.06. The summed E-state index contributed by atoms with van der Waals surface area (Å²) in [6, 6.07) is 6.02. The Morgan fingerprint density at radius 2 is 2.00 bits per heavy atom. The maximum absolute atomic E-state index is 12.5. The van der Waals surface area contributed by atoms with Crippen molar-refractivity contribution < 1.29 is 8.42 Å². The first kappa shape index (κ1) is 15.7. The number of aryl methyl sites for hydroxylation is 3. The van der Waals surface area contributed by atoms with Crippen molar-refractivity contribution in [2.75, 3.05) is 7.05 Å². The lowest BCUT2D eigenvalue weighted by atomic mass is 10.1. The van der Waals surface area contributed by atoms with Gasteiger partial charge in [0.25, 0.3) is 10.0 Å². The first-order chi connectivity index (χ1) is 9.84. The molecule has 0 atom stereocenters. The third-order valence-corrected chi connectivity index (χ3v) is 5.23. The smallest absolute Gasteiger partial charge is 0.260 e. The van der Waals surface area contributed by atoms with Crippen LogP contribution in [0.15, 0.2) is 29.4 Å². The largest absolute Gasteiger partial charge is 0.332 e. The molecule has 2 aromatic rings. The number of imidazole rings is 1. The van der Waals surface area contributed by atoms with E-state index in [2.05, 4.69) is 16.0 Å². The fourth-order valence-electron chi connectivity index (χ4n) is 2.17. The predicted octanol–water partition coefficient (Wildman–Crippen LogP) is 2.41. The quantitative estimate of drug-likeness (QED) is 0.922. The number of hydrogen-bond donors (Lipinski definition) is 1. The standard InChI is InChI=1S/C15H21N3O2S/c1-5-14-16-9-15(17-14)21(19,20)18(4)10-13-7-6-11(2)8-12(13)3/h6-9H,5,10H2,1-4H3,(H,16,17). The summed E-state index contributed by atoms with van der Waals surface area (Å²) >= 11 is 0. The number of sulfonamides is 1. The highest BCUT2D eigenvalue weighted by molar-refractivity contribution is 7.89. The Balaban J connectivity index is 2.24. The predicted molar refractivity (Wildman–Crippen MR) is 82.5 cm³/mol.